The van der Waals surface area contributed by atoms with E-state index in [1.807, 2.05) is 12.1 Å². The van der Waals surface area contributed by atoms with Crippen molar-refractivity contribution in [3.05, 3.63) is 54.1 Å². The number of ether oxygens (including phenoxy) is 2. The van der Waals surface area contributed by atoms with Crippen LogP contribution in [0.3, 0.4) is 0 Å². The van der Waals surface area contributed by atoms with Gasteiger partial charge in [0.1, 0.15) is 5.75 Å². The fraction of sp³-hybridized carbons (Fsp3) is 0.263. The average Bonchev–Trinajstić information content (AvgIpc) is 2.64. The van der Waals surface area contributed by atoms with Gasteiger partial charge in [-0.15, -0.1) is 0 Å². The molecule has 0 unspecified atom stereocenters. The van der Waals surface area contributed by atoms with Gasteiger partial charge in [0.25, 0.3) is 5.91 Å². The van der Waals surface area contributed by atoms with Crippen molar-refractivity contribution < 1.29 is 27.5 Å². The number of carbonyl (C=O) groups excluding carboxylic acids is 2. The Morgan fingerprint density at radius 2 is 1.75 bits per heavy atom. The van der Waals surface area contributed by atoms with Gasteiger partial charge in [-0.1, -0.05) is 32.0 Å². The van der Waals surface area contributed by atoms with Crippen LogP contribution in [0.1, 0.15) is 25.3 Å². The Morgan fingerprint density at radius 3 is 2.36 bits per heavy atom. The Hall–Kier alpha value is -2.91. The van der Waals surface area contributed by atoms with Crippen LogP contribution in [0.5, 0.6) is 5.75 Å². The Kier molecular flexibility index (Phi) is 7.13. The number of esters is 1. The molecule has 0 radical (unpaired) electrons. The average molecular weight is 406 g/mol. The van der Waals surface area contributed by atoms with Crippen LogP contribution in [0.2, 0.25) is 0 Å². The molecule has 8 nitrogen and oxygen atoms in total. The van der Waals surface area contributed by atoms with Gasteiger partial charge in [0, 0.05) is 5.69 Å². The number of nitrogens with one attached hydrogen (secondary N) is 1. The van der Waals surface area contributed by atoms with Crippen molar-refractivity contribution in [3.63, 3.8) is 0 Å². The van der Waals surface area contributed by atoms with Crippen LogP contribution in [0.25, 0.3) is 0 Å². The third kappa shape index (κ3) is 6.67. The minimum absolute atomic E-state index is 0.140. The molecule has 0 spiro atoms. The summed E-state index contributed by atoms with van der Waals surface area (Å²) < 4.78 is 32.8. The highest BCUT2D eigenvalue weighted by atomic mass is 32.2. The van der Waals surface area contributed by atoms with Crippen LogP contribution in [-0.2, 0) is 24.3 Å². The fourth-order valence-corrected chi connectivity index (χ4v) is 2.79. The largest absolute Gasteiger partial charge is 0.482 e. The first-order chi connectivity index (χ1) is 13.1. The van der Waals surface area contributed by atoms with E-state index in [0.29, 0.717) is 11.7 Å². The molecule has 0 atom stereocenters. The Bertz CT molecular complexity index is 939. The number of amides is 1. The van der Waals surface area contributed by atoms with Crippen molar-refractivity contribution in [2.24, 2.45) is 5.14 Å². The van der Waals surface area contributed by atoms with E-state index >= 15 is 0 Å². The predicted molar refractivity (Wildman–Crippen MR) is 103 cm³/mol. The number of hydrogen-bond acceptors (Lipinski definition) is 6. The molecule has 0 aliphatic heterocycles. The Labute approximate surface area is 163 Å². The summed E-state index contributed by atoms with van der Waals surface area (Å²) in [6.45, 7) is 3.27. The van der Waals surface area contributed by atoms with E-state index in [1.54, 1.807) is 12.1 Å². The minimum atomic E-state index is -3.88. The van der Waals surface area contributed by atoms with E-state index in [0.717, 1.165) is 5.56 Å². The first kappa shape index (κ1) is 21.4. The van der Waals surface area contributed by atoms with Gasteiger partial charge in [-0.05, 0) is 41.8 Å². The summed E-state index contributed by atoms with van der Waals surface area (Å²) in [5.41, 5.74) is 1.37. The number of rotatable bonds is 8. The summed E-state index contributed by atoms with van der Waals surface area (Å²) in [7, 11) is -3.88. The Balaban J connectivity index is 1.78. The SMILES string of the molecule is CC(C)c1ccc(OCC(=O)OCC(=O)Nc2cccc(S(N)(=O)=O)c2)cc1. The lowest BCUT2D eigenvalue weighted by Gasteiger charge is -2.09. The van der Waals surface area contributed by atoms with Gasteiger partial charge in [0.05, 0.1) is 4.90 Å². The molecular formula is C19H22N2O6S. The van der Waals surface area contributed by atoms with Gasteiger partial charge in [-0.2, -0.15) is 0 Å². The highest BCUT2D eigenvalue weighted by molar-refractivity contribution is 7.89. The number of benzene rings is 2. The summed E-state index contributed by atoms with van der Waals surface area (Å²) in [6.07, 6.45) is 0. The maximum absolute atomic E-state index is 11.8. The van der Waals surface area contributed by atoms with Crippen molar-refractivity contribution in [1.82, 2.24) is 0 Å². The number of anilines is 1. The molecule has 0 saturated carbocycles. The standard InChI is InChI=1S/C19H22N2O6S/c1-13(2)14-6-8-16(9-7-14)26-12-19(23)27-11-18(22)21-15-4-3-5-17(10-15)28(20,24)25/h3-10,13H,11-12H2,1-2H3,(H,21,22)(H2,20,24,25). The molecule has 0 aliphatic carbocycles. The molecule has 0 saturated heterocycles. The second kappa shape index (κ2) is 9.34. The molecule has 0 bridgehead atoms. The van der Waals surface area contributed by atoms with Crippen LogP contribution >= 0.6 is 0 Å². The van der Waals surface area contributed by atoms with Gasteiger partial charge in [-0.25, -0.2) is 18.4 Å². The summed E-state index contributed by atoms with van der Waals surface area (Å²) in [5, 5.41) is 7.46. The van der Waals surface area contributed by atoms with Gasteiger partial charge in [-0.3, -0.25) is 4.79 Å². The lowest BCUT2D eigenvalue weighted by atomic mass is 10.0. The molecule has 0 fully saturated rings. The first-order valence-electron chi connectivity index (χ1n) is 8.46. The number of nitrogens with two attached hydrogens (primary N) is 1. The molecule has 9 heteroatoms. The third-order valence-electron chi connectivity index (χ3n) is 3.71. The van der Waals surface area contributed by atoms with Gasteiger partial charge < -0.3 is 14.8 Å². The molecule has 150 valence electrons. The smallest absolute Gasteiger partial charge is 0.344 e. The van der Waals surface area contributed by atoms with Crippen LogP contribution in [0, 0.1) is 0 Å². The quantitative estimate of drug-likeness (QED) is 0.646. The number of hydrogen-bond donors (Lipinski definition) is 2. The Morgan fingerprint density at radius 1 is 1.07 bits per heavy atom. The van der Waals surface area contributed by atoms with Crippen molar-refractivity contribution in [2.75, 3.05) is 18.5 Å². The van der Waals surface area contributed by atoms with E-state index in [2.05, 4.69) is 19.2 Å². The number of carbonyl (C=O) groups is 2. The molecule has 1 amide bonds. The monoisotopic (exact) mass is 406 g/mol. The third-order valence-corrected chi connectivity index (χ3v) is 4.63. The second-order valence-corrected chi connectivity index (χ2v) is 7.86. The number of primary sulfonamides is 1. The normalized spacial score (nSPS) is 11.1. The fourth-order valence-electron chi connectivity index (χ4n) is 2.23. The van der Waals surface area contributed by atoms with Crippen LogP contribution in [0.4, 0.5) is 5.69 Å². The van der Waals surface area contributed by atoms with Gasteiger partial charge in [0.2, 0.25) is 10.0 Å². The maximum atomic E-state index is 11.8. The molecule has 3 N–H and O–H groups in total. The van der Waals surface area contributed by atoms with Crippen molar-refractivity contribution in [1.29, 1.82) is 0 Å². The highest BCUT2D eigenvalue weighted by Gasteiger charge is 2.12. The molecular weight excluding hydrogens is 384 g/mol. The van der Waals surface area contributed by atoms with E-state index < -0.39 is 28.5 Å². The maximum Gasteiger partial charge on any atom is 0.344 e. The number of sulfonamides is 1. The van der Waals surface area contributed by atoms with Crippen LogP contribution < -0.4 is 15.2 Å². The van der Waals surface area contributed by atoms with E-state index in [9.17, 15) is 18.0 Å². The molecule has 0 heterocycles. The van der Waals surface area contributed by atoms with E-state index in [1.165, 1.54) is 24.3 Å². The topological polar surface area (TPSA) is 125 Å². The van der Waals surface area contributed by atoms with Crippen molar-refractivity contribution >= 4 is 27.6 Å². The summed E-state index contributed by atoms with van der Waals surface area (Å²) in [4.78, 5) is 23.4. The summed E-state index contributed by atoms with van der Waals surface area (Å²) in [6, 6.07) is 12.8. The van der Waals surface area contributed by atoms with Crippen molar-refractivity contribution in [2.45, 2.75) is 24.7 Å². The molecule has 0 aromatic heterocycles. The molecule has 0 aliphatic rings. The zero-order valence-electron chi connectivity index (χ0n) is 15.5. The first-order valence-corrected chi connectivity index (χ1v) is 10.0. The predicted octanol–water partition coefficient (Wildman–Crippen LogP) is 2.02. The molecule has 2 aromatic rings. The van der Waals surface area contributed by atoms with Crippen molar-refractivity contribution in [3.8, 4) is 5.75 Å². The van der Waals surface area contributed by atoms with Gasteiger partial charge in [0.15, 0.2) is 13.2 Å². The molecule has 28 heavy (non-hydrogen) atoms. The zero-order valence-corrected chi connectivity index (χ0v) is 16.4. The molecule has 2 aromatic carbocycles. The second-order valence-electron chi connectivity index (χ2n) is 6.29. The summed E-state index contributed by atoms with van der Waals surface area (Å²) >= 11 is 0. The van der Waals surface area contributed by atoms with E-state index in [4.69, 9.17) is 14.6 Å². The summed E-state index contributed by atoms with van der Waals surface area (Å²) in [5.74, 6) is -0.420. The minimum Gasteiger partial charge on any atom is -0.482 e. The lowest BCUT2D eigenvalue weighted by molar-refractivity contribution is -0.149. The van der Waals surface area contributed by atoms with Crippen LogP contribution in [-0.4, -0.2) is 33.5 Å². The van der Waals surface area contributed by atoms with E-state index in [-0.39, 0.29) is 17.2 Å². The zero-order chi connectivity index (χ0) is 20.7. The highest BCUT2D eigenvalue weighted by Crippen LogP contribution is 2.18. The van der Waals surface area contributed by atoms with Crippen LogP contribution in [0.15, 0.2) is 53.4 Å². The molecule has 2 rings (SSSR count). The van der Waals surface area contributed by atoms with Gasteiger partial charge >= 0.3 is 5.97 Å². The lowest BCUT2D eigenvalue weighted by Crippen LogP contribution is -2.23.